The van der Waals surface area contributed by atoms with E-state index in [1.807, 2.05) is 42.9 Å². The Kier molecular flexibility index (Phi) is 6.48. The summed E-state index contributed by atoms with van der Waals surface area (Å²) in [5, 5.41) is 4.26. The molecule has 2 heterocycles. The second-order valence-electron chi connectivity index (χ2n) is 6.60. The van der Waals surface area contributed by atoms with Crippen molar-refractivity contribution >= 4 is 27.7 Å². The predicted molar refractivity (Wildman–Crippen MR) is 113 cm³/mol. The van der Waals surface area contributed by atoms with Gasteiger partial charge in [0.15, 0.2) is 5.82 Å². The van der Waals surface area contributed by atoms with Crippen molar-refractivity contribution in [3.63, 3.8) is 0 Å². The Labute approximate surface area is 177 Å². The lowest BCUT2D eigenvalue weighted by Gasteiger charge is -2.21. The van der Waals surface area contributed by atoms with Gasteiger partial charge in [-0.15, -0.1) is 0 Å². The van der Waals surface area contributed by atoms with Gasteiger partial charge in [0, 0.05) is 43.0 Å². The molecule has 29 heavy (non-hydrogen) atoms. The Morgan fingerprint density at radius 3 is 2.83 bits per heavy atom. The van der Waals surface area contributed by atoms with Gasteiger partial charge in [0.25, 0.3) is 11.8 Å². The van der Waals surface area contributed by atoms with Crippen molar-refractivity contribution in [3.8, 4) is 5.88 Å². The van der Waals surface area contributed by atoms with E-state index in [0.29, 0.717) is 16.7 Å². The number of aryl methyl sites for hydroxylation is 1. The Hall–Kier alpha value is -2.94. The maximum Gasteiger partial charge on any atom is 0.258 e. The average Bonchev–Trinajstić information content (AvgIpc) is 3.17. The fraction of sp³-hybridized carbons (Fsp3) is 0.300. The molecule has 1 aromatic carbocycles. The Bertz CT molecular complexity index is 1010. The molecule has 2 aromatic heterocycles. The highest BCUT2D eigenvalue weighted by Gasteiger charge is 2.21. The Morgan fingerprint density at radius 2 is 2.10 bits per heavy atom. The van der Waals surface area contributed by atoms with Crippen LogP contribution >= 0.6 is 15.9 Å². The summed E-state index contributed by atoms with van der Waals surface area (Å²) in [6.45, 7) is 5.12. The van der Waals surface area contributed by atoms with Crippen LogP contribution in [0.15, 0.2) is 47.5 Å². The quantitative estimate of drug-likeness (QED) is 0.581. The number of carbonyl (C=O) groups is 1. The molecule has 0 saturated carbocycles. The summed E-state index contributed by atoms with van der Waals surface area (Å²) in [5.41, 5.74) is 8.14. The molecule has 2 N–H and O–H groups in total. The molecule has 1 unspecified atom stereocenters. The zero-order chi connectivity index (χ0) is 21.0. The minimum Gasteiger partial charge on any atom is -0.467 e. The van der Waals surface area contributed by atoms with Crippen LogP contribution in [0.5, 0.6) is 5.88 Å². The van der Waals surface area contributed by atoms with Gasteiger partial charge in [-0.05, 0) is 35.8 Å². The maximum atomic E-state index is 13.1. The number of hydrogen-bond donors (Lipinski definition) is 1. The van der Waals surface area contributed by atoms with E-state index in [1.165, 1.54) is 6.20 Å². The van der Waals surface area contributed by atoms with Gasteiger partial charge in [-0.2, -0.15) is 5.10 Å². The summed E-state index contributed by atoms with van der Waals surface area (Å²) < 4.78 is 8.26. The third-order valence-electron chi connectivity index (χ3n) is 4.43. The predicted octanol–water partition coefficient (Wildman–Crippen LogP) is 3.45. The zero-order valence-electron chi connectivity index (χ0n) is 16.5. The maximum absolute atomic E-state index is 13.1. The van der Waals surface area contributed by atoms with Crippen molar-refractivity contribution in [3.05, 3.63) is 64.1 Å². The summed E-state index contributed by atoms with van der Waals surface area (Å²) in [6, 6.07) is 7.36. The van der Waals surface area contributed by atoms with E-state index < -0.39 is 6.10 Å². The largest absolute Gasteiger partial charge is 0.467 e. The number of hydrogen-bond acceptors (Lipinski definition) is 6. The standard InChI is InChI=1S/C20H23BrN6O2/c1-4-27-12-14(9-24-27)11-26(3)20(28)16-8-6-5-7-15(16)13(2)29-19-18(22)23-10-17(21)25-19/h5-10,12-13H,4,11H2,1-3H3,(H2,22,23). The van der Waals surface area contributed by atoms with Crippen molar-refractivity contribution in [1.82, 2.24) is 24.6 Å². The third-order valence-corrected chi connectivity index (χ3v) is 4.81. The first kappa shape index (κ1) is 20.8. The zero-order valence-corrected chi connectivity index (χ0v) is 18.1. The van der Waals surface area contributed by atoms with Crippen LogP contribution in [-0.4, -0.2) is 37.6 Å². The summed E-state index contributed by atoms with van der Waals surface area (Å²) >= 11 is 3.26. The smallest absolute Gasteiger partial charge is 0.258 e. The highest BCUT2D eigenvalue weighted by atomic mass is 79.9. The van der Waals surface area contributed by atoms with Crippen LogP contribution in [-0.2, 0) is 13.1 Å². The van der Waals surface area contributed by atoms with Crippen molar-refractivity contribution in [2.24, 2.45) is 0 Å². The van der Waals surface area contributed by atoms with Crippen LogP contribution < -0.4 is 10.5 Å². The molecule has 3 rings (SSSR count). The number of nitrogen functional groups attached to an aromatic ring is 1. The molecule has 0 fully saturated rings. The number of nitrogens with zero attached hydrogens (tertiary/aromatic N) is 5. The van der Waals surface area contributed by atoms with E-state index >= 15 is 0 Å². The molecule has 1 atom stereocenters. The van der Waals surface area contributed by atoms with E-state index in [1.54, 1.807) is 24.2 Å². The van der Waals surface area contributed by atoms with E-state index in [9.17, 15) is 4.79 Å². The molecule has 3 aromatic rings. The average molecular weight is 459 g/mol. The molecule has 0 aliphatic heterocycles. The highest BCUT2D eigenvalue weighted by molar-refractivity contribution is 9.10. The van der Waals surface area contributed by atoms with Crippen molar-refractivity contribution in [1.29, 1.82) is 0 Å². The van der Waals surface area contributed by atoms with Gasteiger partial charge in [-0.3, -0.25) is 9.48 Å². The highest BCUT2D eigenvalue weighted by Crippen LogP contribution is 2.27. The lowest BCUT2D eigenvalue weighted by Crippen LogP contribution is -2.27. The molecule has 0 bridgehead atoms. The number of anilines is 1. The molecule has 0 aliphatic rings. The number of rotatable bonds is 7. The van der Waals surface area contributed by atoms with E-state index in [0.717, 1.165) is 17.7 Å². The van der Waals surface area contributed by atoms with Crippen LogP contribution in [0.4, 0.5) is 5.82 Å². The third kappa shape index (κ3) is 4.92. The van der Waals surface area contributed by atoms with Crippen LogP contribution in [0.3, 0.4) is 0 Å². The molecule has 0 spiro atoms. The van der Waals surface area contributed by atoms with E-state index in [2.05, 4.69) is 31.0 Å². The van der Waals surface area contributed by atoms with E-state index in [4.69, 9.17) is 10.5 Å². The normalized spacial score (nSPS) is 11.9. The van der Waals surface area contributed by atoms with Gasteiger partial charge in [-0.1, -0.05) is 18.2 Å². The molecule has 1 amide bonds. The number of halogens is 1. The summed E-state index contributed by atoms with van der Waals surface area (Å²) in [7, 11) is 1.77. The van der Waals surface area contributed by atoms with Crippen LogP contribution in [0.2, 0.25) is 0 Å². The first-order valence-corrected chi connectivity index (χ1v) is 9.98. The number of amides is 1. The number of aromatic nitrogens is 4. The molecule has 0 aliphatic carbocycles. The van der Waals surface area contributed by atoms with Crippen molar-refractivity contribution < 1.29 is 9.53 Å². The molecule has 8 nitrogen and oxygen atoms in total. The van der Waals surface area contributed by atoms with Crippen LogP contribution in [0.1, 0.15) is 41.4 Å². The van der Waals surface area contributed by atoms with Gasteiger partial charge in [0.2, 0.25) is 0 Å². The lowest BCUT2D eigenvalue weighted by molar-refractivity contribution is 0.0780. The number of ether oxygens (including phenoxy) is 1. The van der Waals surface area contributed by atoms with Crippen molar-refractivity contribution in [2.45, 2.75) is 33.0 Å². The monoisotopic (exact) mass is 458 g/mol. The Balaban J connectivity index is 1.79. The second-order valence-corrected chi connectivity index (χ2v) is 7.41. The molecule has 0 radical (unpaired) electrons. The molecule has 9 heteroatoms. The van der Waals surface area contributed by atoms with Crippen LogP contribution in [0, 0.1) is 0 Å². The molecule has 152 valence electrons. The summed E-state index contributed by atoms with van der Waals surface area (Å²) in [5.74, 6) is 0.303. The fourth-order valence-corrected chi connectivity index (χ4v) is 3.20. The Morgan fingerprint density at radius 1 is 1.34 bits per heavy atom. The molecule has 0 saturated heterocycles. The van der Waals surface area contributed by atoms with Gasteiger partial charge in [0.1, 0.15) is 10.7 Å². The first-order chi connectivity index (χ1) is 13.9. The lowest BCUT2D eigenvalue weighted by atomic mass is 10.0. The molecular weight excluding hydrogens is 436 g/mol. The first-order valence-electron chi connectivity index (χ1n) is 9.19. The minimum absolute atomic E-state index is 0.103. The van der Waals surface area contributed by atoms with Gasteiger partial charge in [-0.25, -0.2) is 9.97 Å². The topological polar surface area (TPSA) is 99.2 Å². The number of carbonyl (C=O) groups excluding carboxylic acids is 1. The van der Waals surface area contributed by atoms with Gasteiger partial charge in [0.05, 0.1) is 12.4 Å². The summed E-state index contributed by atoms with van der Waals surface area (Å²) in [6.07, 6.45) is 4.77. The fourth-order valence-electron chi connectivity index (χ4n) is 2.94. The minimum atomic E-state index is -0.447. The number of nitrogens with two attached hydrogens (primary N) is 1. The van der Waals surface area contributed by atoms with Gasteiger partial charge >= 0.3 is 0 Å². The molecular formula is C20H23BrN6O2. The van der Waals surface area contributed by atoms with E-state index in [-0.39, 0.29) is 17.6 Å². The second kappa shape index (κ2) is 9.04. The van der Waals surface area contributed by atoms with Crippen molar-refractivity contribution in [2.75, 3.05) is 12.8 Å². The van der Waals surface area contributed by atoms with Gasteiger partial charge < -0.3 is 15.4 Å². The summed E-state index contributed by atoms with van der Waals surface area (Å²) in [4.78, 5) is 23.0. The van der Waals surface area contributed by atoms with Crippen LogP contribution in [0.25, 0.3) is 0 Å². The number of benzene rings is 1. The SMILES string of the molecule is CCn1cc(CN(C)C(=O)c2ccccc2C(C)Oc2nc(Br)cnc2N)cn1.